The number of hydrogen-bond donors (Lipinski definition) is 0. The fraction of sp³-hybridized carbons (Fsp3) is 0.278. The van der Waals surface area contributed by atoms with Crippen LogP contribution in [0.5, 0.6) is 0 Å². The van der Waals surface area contributed by atoms with E-state index in [9.17, 15) is 4.79 Å². The minimum absolute atomic E-state index is 0.169. The number of rotatable bonds is 6. The van der Waals surface area contributed by atoms with Crippen LogP contribution in [0.25, 0.3) is 0 Å². The summed E-state index contributed by atoms with van der Waals surface area (Å²) in [6, 6.07) is 16.5. The van der Waals surface area contributed by atoms with E-state index in [-0.39, 0.29) is 5.91 Å². The molecule has 0 aliphatic carbocycles. The molecule has 22 heavy (non-hydrogen) atoms. The van der Waals surface area contributed by atoms with Gasteiger partial charge in [0.15, 0.2) is 0 Å². The molecule has 0 aliphatic rings. The largest absolute Gasteiger partial charge is 0.341 e. The minimum atomic E-state index is 0.169. The first kappa shape index (κ1) is 17.1. The lowest BCUT2D eigenvalue weighted by Crippen LogP contribution is -2.27. The summed E-state index contributed by atoms with van der Waals surface area (Å²) in [7, 11) is 1.86. The summed E-state index contributed by atoms with van der Waals surface area (Å²) in [6.07, 6.45) is 0. The molecule has 0 radical (unpaired) electrons. The molecule has 0 heterocycles. The predicted molar refractivity (Wildman–Crippen MR) is 98.0 cm³/mol. The van der Waals surface area contributed by atoms with Crippen LogP contribution in [0.2, 0.25) is 0 Å². The highest BCUT2D eigenvalue weighted by molar-refractivity contribution is 9.10. The Balaban J connectivity index is 1.76. The molecule has 0 fully saturated rings. The number of thioether (sulfide) groups is 1. The fourth-order valence-corrected chi connectivity index (χ4v) is 3.19. The number of carbonyl (C=O) groups excluding carboxylic acids is 1. The van der Waals surface area contributed by atoms with Gasteiger partial charge in [-0.1, -0.05) is 57.9 Å². The third-order valence-corrected chi connectivity index (χ3v) is 4.89. The van der Waals surface area contributed by atoms with Crippen molar-refractivity contribution in [2.24, 2.45) is 0 Å². The maximum absolute atomic E-state index is 12.2. The minimum Gasteiger partial charge on any atom is -0.341 e. The van der Waals surface area contributed by atoms with Crippen LogP contribution in [0.4, 0.5) is 0 Å². The van der Waals surface area contributed by atoms with Crippen molar-refractivity contribution in [1.29, 1.82) is 0 Å². The second-order valence-electron chi connectivity index (χ2n) is 5.35. The summed E-state index contributed by atoms with van der Waals surface area (Å²) in [6.45, 7) is 2.73. The van der Waals surface area contributed by atoms with Crippen molar-refractivity contribution < 1.29 is 4.79 Å². The topological polar surface area (TPSA) is 20.3 Å². The lowest BCUT2D eigenvalue weighted by atomic mass is 10.1. The first-order valence-electron chi connectivity index (χ1n) is 7.16. The SMILES string of the molecule is Cc1ccc(CN(C)C(=O)CSCc2ccc(Br)cc2)cc1. The molecule has 4 heteroatoms. The Bertz CT molecular complexity index is 610. The molecule has 0 unspecified atom stereocenters. The number of benzene rings is 2. The van der Waals surface area contributed by atoms with Crippen molar-refractivity contribution in [3.8, 4) is 0 Å². The fourth-order valence-electron chi connectivity index (χ4n) is 2.00. The van der Waals surface area contributed by atoms with Gasteiger partial charge in [0.1, 0.15) is 0 Å². The van der Waals surface area contributed by atoms with Gasteiger partial charge >= 0.3 is 0 Å². The third kappa shape index (κ3) is 5.50. The van der Waals surface area contributed by atoms with Crippen LogP contribution in [-0.2, 0) is 17.1 Å². The molecule has 0 N–H and O–H groups in total. The van der Waals surface area contributed by atoms with E-state index in [1.165, 1.54) is 16.7 Å². The number of carbonyl (C=O) groups is 1. The lowest BCUT2D eigenvalue weighted by Gasteiger charge is -2.17. The number of hydrogen-bond acceptors (Lipinski definition) is 2. The Morgan fingerprint density at radius 1 is 1.05 bits per heavy atom. The highest BCUT2D eigenvalue weighted by Gasteiger charge is 2.09. The van der Waals surface area contributed by atoms with E-state index in [0.717, 1.165) is 10.2 Å². The van der Waals surface area contributed by atoms with Crippen LogP contribution in [0.1, 0.15) is 16.7 Å². The lowest BCUT2D eigenvalue weighted by molar-refractivity contribution is -0.127. The number of amides is 1. The molecule has 0 bridgehead atoms. The van der Waals surface area contributed by atoms with Crippen molar-refractivity contribution in [2.75, 3.05) is 12.8 Å². The number of halogens is 1. The van der Waals surface area contributed by atoms with Gasteiger partial charge in [0.25, 0.3) is 0 Å². The molecule has 1 amide bonds. The summed E-state index contributed by atoms with van der Waals surface area (Å²) in [5.74, 6) is 1.54. The van der Waals surface area contributed by atoms with Crippen LogP contribution in [0, 0.1) is 6.92 Å². The standard InChI is InChI=1S/C18H20BrNOS/c1-14-3-5-15(6-4-14)11-20(2)18(21)13-22-12-16-7-9-17(19)10-8-16/h3-10H,11-13H2,1-2H3. The Kier molecular flexibility index (Phi) is 6.52. The highest BCUT2D eigenvalue weighted by atomic mass is 79.9. The summed E-state index contributed by atoms with van der Waals surface area (Å²) in [4.78, 5) is 13.9. The molecule has 0 aliphatic heterocycles. The van der Waals surface area contributed by atoms with Gasteiger partial charge in [-0.15, -0.1) is 11.8 Å². The summed E-state index contributed by atoms with van der Waals surface area (Å²) in [5.41, 5.74) is 3.64. The van der Waals surface area contributed by atoms with E-state index < -0.39 is 0 Å². The van der Waals surface area contributed by atoms with Crippen molar-refractivity contribution >= 4 is 33.6 Å². The number of aryl methyl sites for hydroxylation is 1. The van der Waals surface area contributed by atoms with Crippen LogP contribution in [-0.4, -0.2) is 23.6 Å². The maximum atomic E-state index is 12.2. The van der Waals surface area contributed by atoms with Crippen LogP contribution in [0.3, 0.4) is 0 Å². The summed E-state index contributed by atoms with van der Waals surface area (Å²) < 4.78 is 1.08. The first-order valence-corrected chi connectivity index (χ1v) is 9.11. The normalized spacial score (nSPS) is 10.5. The Morgan fingerprint density at radius 3 is 2.27 bits per heavy atom. The Hall–Kier alpha value is -1.26. The van der Waals surface area contributed by atoms with Crippen molar-refractivity contribution in [3.05, 3.63) is 69.7 Å². The third-order valence-electron chi connectivity index (χ3n) is 3.37. The smallest absolute Gasteiger partial charge is 0.232 e. The second kappa shape index (κ2) is 8.39. The van der Waals surface area contributed by atoms with Gasteiger partial charge in [-0.3, -0.25) is 4.79 Å². The van der Waals surface area contributed by atoms with E-state index in [1.54, 1.807) is 16.7 Å². The van der Waals surface area contributed by atoms with E-state index in [2.05, 4.69) is 59.3 Å². The van der Waals surface area contributed by atoms with Gasteiger partial charge in [0.2, 0.25) is 5.91 Å². The average molecular weight is 378 g/mol. The molecule has 0 saturated carbocycles. The second-order valence-corrected chi connectivity index (χ2v) is 7.26. The van der Waals surface area contributed by atoms with Gasteiger partial charge in [0, 0.05) is 23.8 Å². The van der Waals surface area contributed by atoms with Gasteiger partial charge in [-0.05, 0) is 30.2 Å². The zero-order chi connectivity index (χ0) is 15.9. The van der Waals surface area contributed by atoms with E-state index in [4.69, 9.17) is 0 Å². The average Bonchev–Trinajstić information content (AvgIpc) is 2.51. The van der Waals surface area contributed by atoms with Crippen molar-refractivity contribution in [2.45, 2.75) is 19.2 Å². The van der Waals surface area contributed by atoms with Gasteiger partial charge < -0.3 is 4.90 Å². The van der Waals surface area contributed by atoms with Crippen molar-refractivity contribution in [1.82, 2.24) is 4.90 Å². The number of nitrogens with zero attached hydrogens (tertiary/aromatic N) is 1. The highest BCUT2D eigenvalue weighted by Crippen LogP contribution is 2.16. The quantitative estimate of drug-likeness (QED) is 0.729. The molecular weight excluding hydrogens is 358 g/mol. The van der Waals surface area contributed by atoms with Crippen LogP contribution in [0.15, 0.2) is 53.0 Å². The molecule has 0 spiro atoms. The maximum Gasteiger partial charge on any atom is 0.232 e. The molecule has 2 rings (SSSR count). The van der Waals surface area contributed by atoms with Crippen LogP contribution < -0.4 is 0 Å². The first-order chi connectivity index (χ1) is 10.5. The molecule has 116 valence electrons. The van der Waals surface area contributed by atoms with Crippen molar-refractivity contribution in [3.63, 3.8) is 0 Å². The zero-order valence-corrected chi connectivity index (χ0v) is 15.3. The monoisotopic (exact) mass is 377 g/mol. The molecule has 0 aromatic heterocycles. The van der Waals surface area contributed by atoms with E-state index in [1.807, 2.05) is 19.2 Å². The van der Waals surface area contributed by atoms with Gasteiger partial charge in [-0.25, -0.2) is 0 Å². The molecule has 2 nitrogen and oxygen atoms in total. The summed E-state index contributed by atoms with van der Waals surface area (Å²) >= 11 is 5.08. The Morgan fingerprint density at radius 2 is 1.64 bits per heavy atom. The van der Waals surface area contributed by atoms with E-state index >= 15 is 0 Å². The van der Waals surface area contributed by atoms with Gasteiger partial charge in [-0.2, -0.15) is 0 Å². The van der Waals surface area contributed by atoms with Gasteiger partial charge in [0.05, 0.1) is 5.75 Å². The molecule has 2 aromatic carbocycles. The van der Waals surface area contributed by atoms with E-state index in [0.29, 0.717) is 12.3 Å². The molecular formula is C18H20BrNOS. The van der Waals surface area contributed by atoms with Crippen LogP contribution >= 0.6 is 27.7 Å². The predicted octanol–water partition coefficient (Wildman–Crippen LogP) is 4.65. The Labute approximate surface area is 145 Å². The molecule has 2 aromatic rings. The summed E-state index contributed by atoms with van der Waals surface area (Å²) in [5, 5.41) is 0. The molecule has 0 saturated heterocycles. The molecule has 0 atom stereocenters. The zero-order valence-electron chi connectivity index (χ0n) is 12.9.